The van der Waals surface area contributed by atoms with Crippen molar-refractivity contribution in [3.8, 4) is 0 Å². The van der Waals surface area contributed by atoms with Crippen molar-refractivity contribution in [2.75, 3.05) is 6.54 Å². The summed E-state index contributed by atoms with van der Waals surface area (Å²) in [6.45, 7) is 8.18. The van der Waals surface area contributed by atoms with Crippen molar-refractivity contribution < 1.29 is 4.79 Å². The number of nitrogens with one attached hydrogen (secondary N) is 1. The summed E-state index contributed by atoms with van der Waals surface area (Å²) in [6, 6.07) is 0.345. The van der Waals surface area contributed by atoms with Crippen molar-refractivity contribution in [2.24, 2.45) is 0 Å². The lowest BCUT2D eigenvalue weighted by atomic mass is 10.3. The molecule has 0 unspecified atom stereocenters. The van der Waals surface area contributed by atoms with E-state index in [1.54, 1.807) is 0 Å². The second kappa shape index (κ2) is 3.43. The summed E-state index contributed by atoms with van der Waals surface area (Å²) in [5.41, 5.74) is 0.656. The van der Waals surface area contributed by atoms with Gasteiger partial charge in [0, 0.05) is 17.9 Å². The first-order valence-corrected chi connectivity index (χ1v) is 4.02. The predicted octanol–water partition coefficient (Wildman–Crippen LogP) is 0.854. The van der Waals surface area contributed by atoms with Crippen molar-refractivity contribution >= 4 is 5.91 Å². The Labute approximate surface area is 72.7 Å². The van der Waals surface area contributed by atoms with Gasteiger partial charge < -0.3 is 10.2 Å². The molecule has 1 heterocycles. The van der Waals surface area contributed by atoms with E-state index >= 15 is 0 Å². The van der Waals surface area contributed by atoms with E-state index in [9.17, 15) is 4.79 Å². The first kappa shape index (κ1) is 8.84. The lowest BCUT2D eigenvalue weighted by Crippen LogP contribution is -2.34. The number of allylic oxidation sites excluding steroid dienone is 1. The Morgan fingerprint density at radius 2 is 2.33 bits per heavy atom. The van der Waals surface area contributed by atoms with Crippen molar-refractivity contribution in [1.82, 2.24) is 10.2 Å². The minimum Gasteiger partial charge on any atom is -0.366 e. The molecule has 0 aromatic heterocycles. The fourth-order valence-corrected chi connectivity index (χ4v) is 1.02. The first-order valence-electron chi connectivity index (χ1n) is 4.02. The van der Waals surface area contributed by atoms with Crippen LogP contribution in [-0.4, -0.2) is 23.4 Å². The molecular formula is C9H14N2O. The van der Waals surface area contributed by atoms with E-state index in [1.165, 1.54) is 0 Å². The zero-order valence-corrected chi connectivity index (χ0v) is 7.50. The molecule has 0 saturated heterocycles. The maximum atomic E-state index is 11.2. The monoisotopic (exact) mass is 166 g/mol. The van der Waals surface area contributed by atoms with E-state index in [2.05, 4.69) is 11.9 Å². The Morgan fingerprint density at radius 1 is 1.67 bits per heavy atom. The maximum Gasteiger partial charge on any atom is 0.243 e. The molecule has 3 nitrogen and oxygen atoms in total. The molecule has 0 aromatic carbocycles. The molecule has 0 bridgehead atoms. The summed E-state index contributed by atoms with van der Waals surface area (Å²) in [5.74, 6) is -0.00120. The molecule has 1 aliphatic rings. The average molecular weight is 166 g/mol. The third-order valence-corrected chi connectivity index (χ3v) is 1.76. The number of amides is 1. The van der Waals surface area contributed by atoms with E-state index in [0.717, 1.165) is 0 Å². The Balaban J connectivity index is 2.72. The van der Waals surface area contributed by atoms with Crippen LogP contribution < -0.4 is 5.32 Å². The highest BCUT2D eigenvalue weighted by Gasteiger charge is 2.12. The van der Waals surface area contributed by atoms with Crippen LogP contribution in [0.25, 0.3) is 0 Å². The molecule has 1 aliphatic heterocycles. The van der Waals surface area contributed by atoms with Crippen LogP contribution >= 0.6 is 0 Å². The van der Waals surface area contributed by atoms with Gasteiger partial charge in [-0.1, -0.05) is 6.58 Å². The first-order chi connectivity index (χ1) is 5.59. The SMILES string of the molecule is C=C1C=CN(C(C)C)CC(=O)N1. The number of carbonyl (C=O) groups is 1. The van der Waals surface area contributed by atoms with E-state index < -0.39 is 0 Å². The van der Waals surface area contributed by atoms with Gasteiger partial charge in [0.2, 0.25) is 5.91 Å². The van der Waals surface area contributed by atoms with Crippen LogP contribution in [0.2, 0.25) is 0 Å². The topological polar surface area (TPSA) is 32.3 Å². The molecule has 0 radical (unpaired) electrons. The van der Waals surface area contributed by atoms with Crippen molar-refractivity contribution in [1.29, 1.82) is 0 Å². The number of rotatable bonds is 1. The molecule has 1 N–H and O–H groups in total. The van der Waals surface area contributed by atoms with Crippen LogP contribution in [-0.2, 0) is 4.79 Å². The van der Waals surface area contributed by atoms with Gasteiger partial charge in [0.1, 0.15) is 0 Å². The Hall–Kier alpha value is -1.25. The molecule has 0 aromatic rings. The van der Waals surface area contributed by atoms with E-state index in [-0.39, 0.29) is 5.91 Å². The summed E-state index contributed by atoms with van der Waals surface area (Å²) >= 11 is 0. The van der Waals surface area contributed by atoms with Gasteiger partial charge in [-0.2, -0.15) is 0 Å². The minimum absolute atomic E-state index is 0.00120. The highest BCUT2D eigenvalue weighted by atomic mass is 16.2. The van der Waals surface area contributed by atoms with Gasteiger partial charge in [-0.05, 0) is 19.9 Å². The lowest BCUT2D eigenvalue weighted by molar-refractivity contribution is -0.121. The predicted molar refractivity (Wildman–Crippen MR) is 48.3 cm³/mol. The van der Waals surface area contributed by atoms with Gasteiger partial charge in [-0.15, -0.1) is 0 Å². The van der Waals surface area contributed by atoms with Gasteiger partial charge in [0.15, 0.2) is 0 Å². The number of nitrogens with zero attached hydrogens (tertiary/aromatic N) is 1. The van der Waals surface area contributed by atoms with Crippen LogP contribution in [0.3, 0.4) is 0 Å². The zero-order chi connectivity index (χ0) is 9.14. The average Bonchev–Trinajstić information content (AvgIpc) is 2.11. The van der Waals surface area contributed by atoms with Crippen LogP contribution in [0.4, 0.5) is 0 Å². The number of hydrogen-bond donors (Lipinski definition) is 1. The summed E-state index contributed by atoms with van der Waals surface area (Å²) in [4.78, 5) is 13.1. The zero-order valence-electron chi connectivity index (χ0n) is 7.50. The fourth-order valence-electron chi connectivity index (χ4n) is 1.02. The lowest BCUT2D eigenvalue weighted by Gasteiger charge is -2.21. The van der Waals surface area contributed by atoms with Gasteiger partial charge in [0.25, 0.3) is 0 Å². The molecular weight excluding hydrogens is 152 g/mol. The molecule has 0 spiro atoms. The smallest absolute Gasteiger partial charge is 0.243 e. The molecule has 0 fully saturated rings. The molecule has 0 aliphatic carbocycles. The second-order valence-corrected chi connectivity index (χ2v) is 3.16. The van der Waals surface area contributed by atoms with Crippen molar-refractivity contribution in [3.63, 3.8) is 0 Å². The third-order valence-electron chi connectivity index (χ3n) is 1.76. The van der Waals surface area contributed by atoms with Crippen LogP contribution in [0, 0.1) is 0 Å². The Morgan fingerprint density at radius 3 is 2.92 bits per heavy atom. The number of carbonyl (C=O) groups excluding carboxylic acids is 1. The van der Waals surface area contributed by atoms with Gasteiger partial charge in [-0.3, -0.25) is 4.79 Å². The standard InChI is InChI=1S/C9H14N2O/c1-7(2)11-5-4-8(3)10-9(12)6-11/h4-5,7H,3,6H2,1-2H3,(H,10,12). The van der Waals surface area contributed by atoms with Gasteiger partial charge in [-0.25, -0.2) is 0 Å². The van der Waals surface area contributed by atoms with Crippen molar-refractivity contribution in [2.45, 2.75) is 19.9 Å². The maximum absolute atomic E-state index is 11.2. The molecule has 66 valence electrons. The summed E-state index contributed by atoms with van der Waals surface area (Å²) < 4.78 is 0. The van der Waals surface area contributed by atoms with Crippen LogP contribution in [0.15, 0.2) is 24.6 Å². The third kappa shape index (κ3) is 2.12. The van der Waals surface area contributed by atoms with E-state index in [1.807, 2.05) is 31.0 Å². The summed E-state index contributed by atoms with van der Waals surface area (Å²) in [6.07, 6.45) is 3.70. The molecule has 12 heavy (non-hydrogen) atoms. The Kier molecular flexibility index (Phi) is 2.53. The summed E-state index contributed by atoms with van der Waals surface area (Å²) in [5, 5.41) is 2.66. The second-order valence-electron chi connectivity index (χ2n) is 3.16. The minimum atomic E-state index is -0.00120. The molecule has 0 saturated carbocycles. The van der Waals surface area contributed by atoms with E-state index in [0.29, 0.717) is 18.3 Å². The van der Waals surface area contributed by atoms with E-state index in [4.69, 9.17) is 0 Å². The van der Waals surface area contributed by atoms with Gasteiger partial charge in [0.05, 0.1) is 6.54 Å². The highest BCUT2D eigenvalue weighted by Crippen LogP contribution is 2.03. The number of hydrogen-bond acceptors (Lipinski definition) is 2. The molecule has 0 atom stereocenters. The normalized spacial score (nSPS) is 18.1. The quantitative estimate of drug-likeness (QED) is 0.626. The van der Waals surface area contributed by atoms with Crippen molar-refractivity contribution in [3.05, 3.63) is 24.6 Å². The van der Waals surface area contributed by atoms with Gasteiger partial charge >= 0.3 is 0 Å². The Bertz CT molecular complexity index is 231. The fraction of sp³-hybridized carbons (Fsp3) is 0.444. The molecule has 1 rings (SSSR count). The highest BCUT2D eigenvalue weighted by molar-refractivity contribution is 5.80. The summed E-state index contributed by atoms with van der Waals surface area (Å²) in [7, 11) is 0. The van der Waals surface area contributed by atoms with Crippen LogP contribution in [0.1, 0.15) is 13.8 Å². The molecule has 1 amide bonds. The largest absolute Gasteiger partial charge is 0.366 e. The molecule has 3 heteroatoms. The van der Waals surface area contributed by atoms with Crippen LogP contribution in [0.5, 0.6) is 0 Å².